The molecule has 29 heavy (non-hydrogen) atoms. The molecule has 0 spiro atoms. The maximum Gasteiger partial charge on any atom is 0.330 e. The smallest absolute Gasteiger partial charge is 0.330 e. The molecule has 0 unspecified atom stereocenters. The van der Waals surface area contributed by atoms with Crippen LogP contribution in [0, 0.1) is 13.8 Å². The predicted molar refractivity (Wildman–Crippen MR) is 112 cm³/mol. The van der Waals surface area contributed by atoms with Gasteiger partial charge in [-0.15, -0.1) is 11.8 Å². The molecule has 2 saturated heterocycles. The normalized spacial score (nSPS) is 23.2. The van der Waals surface area contributed by atoms with Gasteiger partial charge < -0.3 is 9.64 Å². The fraction of sp³-hybridized carbons (Fsp3) is 0.348. The fourth-order valence-corrected chi connectivity index (χ4v) is 5.89. The number of Topliss-reactive ketones (excluding diaryl/α,β-unsaturated/α-hetero) is 1. The van der Waals surface area contributed by atoms with Crippen molar-refractivity contribution in [2.24, 2.45) is 0 Å². The summed E-state index contributed by atoms with van der Waals surface area (Å²) in [4.78, 5) is 39.1. The number of fused-ring (bicyclic) bond motifs is 1. The highest BCUT2D eigenvalue weighted by molar-refractivity contribution is 8.00. The first-order chi connectivity index (χ1) is 13.9. The van der Waals surface area contributed by atoms with E-state index in [2.05, 4.69) is 0 Å². The van der Waals surface area contributed by atoms with Crippen molar-refractivity contribution in [2.75, 3.05) is 12.4 Å². The molecule has 4 rings (SSSR count). The van der Waals surface area contributed by atoms with Gasteiger partial charge in [-0.05, 0) is 31.4 Å². The highest BCUT2D eigenvalue weighted by Gasteiger charge is 2.57. The lowest BCUT2D eigenvalue weighted by molar-refractivity contribution is -0.152. The molecule has 2 aliphatic rings. The molecular weight excluding hydrogens is 386 g/mol. The number of ether oxygens (including phenoxy) is 1. The molecule has 2 atom stereocenters. The van der Waals surface area contributed by atoms with E-state index in [1.165, 1.54) is 0 Å². The van der Waals surface area contributed by atoms with Gasteiger partial charge in [0, 0.05) is 17.7 Å². The number of hydrogen-bond acceptors (Lipinski definition) is 5. The Kier molecular flexibility index (Phi) is 5.21. The van der Waals surface area contributed by atoms with Gasteiger partial charge in [0.2, 0.25) is 11.7 Å². The molecule has 0 radical (unpaired) electrons. The Bertz CT molecular complexity index is 974. The van der Waals surface area contributed by atoms with Crippen LogP contribution in [0.15, 0.2) is 48.5 Å². The van der Waals surface area contributed by atoms with E-state index >= 15 is 0 Å². The van der Waals surface area contributed by atoms with Crippen LogP contribution in [-0.4, -0.2) is 41.0 Å². The average molecular weight is 410 g/mol. The summed E-state index contributed by atoms with van der Waals surface area (Å²) in [6.45, 7) is 3.52. The number of nitrogens with zero attached hydrogens (tertiary/aromatic N) is 1. The first kappa shape index (κ1) is 19.7. The molecule has 5 nitrogen and oxygen atoms in total. The van der Waals surface area contributed by atoms with Gasteiger partial charge in [0.05, 0.1) is 0 Å². The second-order valence-electron chi connectivity index (χ2n) is 7.59. The van der Waals surface area contributed by atoms with Crippen LogP contribution >= 0.6 is 11.8 Å². The highest BCUT2D eigenvalue weighted by Crippen LogP contribution is 2.54. The van der Waals surface area contributed by atoms with E-state index in [9.17, 15) is 14.4 Å². The summed E-state index contributed by atoms with van der Waals surface area (Å²) in [5.74, 6) is -0.314. The second-order valence-corrected chi connectivity index (χ2v) is 8.89. The Labute approximate surface area is 174 Å². The zero-order valence-corrected chi connectivity index (χ0v) is 17.3. The molecule has 0 aliphatic carbocycles. The molecular formula is C23H23NO4S. The molecule has 1 amide bonds. The minimum atomic E-state index is -0.665. The maximum atomic E-state index is 12.8. The van der Waals surface area contributed by atoms with Crippen LogP contribution in [-0.2, 0) is 19.2 Å². The van der Waals surface area contributed by atoms with Crippen molar-refractivity contribution in [3.05, 3.63) is 70.8 Å². The Morgan fingerprint density at radius 2 is 1.93 bits per heavy atom. The molecule has 0 bridgehead atoms. The molecule has 2 aromatic carbocycles. The third-order valence-corrected chi connectivity index (χ3v) is 7.25. The van der Waals surface area contributed by atoms with Gasteiger partial charge in [-0.3, -0.25) is 9.59 Å². The van der Waals surface area contributed by atoms with E-state index in [1.54, 1.807) is 22.7 Å². The monoisotopic (exact) mass is 409 g/mol. The minimum absolute atomic E-state index is 0.0403. The maximum absolute atomic E-state index is 12.8. The van der Waals surface area contributed by atoms with Crippen LogP contribution in [0.2, 0.25) is 0 Å². The van der Waals surface area contributed by atoms with Crippen LogP contribution < -0.4 is 0 Å². The van der Waals surface area contributed by atoms with Crippen molar-refractivity contribution in [2.45, 2.75) is 37.6 Å². The standard InChI is InChI=1S/C23H23NO4S/c1-15-8-9-18(16(2)12-15)20(25)13-28-22(27)19-14-29-23(11-10-21(26)24(19)23)17-6-4-3-5-7-17/h3-9,12,19H,10-11,13-14H2,1-2H3/t19-,23-/m1/s1. The van der Waals surface area contributed by atoms with E-state index in [4.69, 9.17) is 4.74 Å². The van der Waals surface area contributed by atoms with Gasteiger partial charge >= 0.3 is 5.97 Å². The fourth-order valence-electron chi connectivity index (χ4n) is 4.25. The van der Waals surface area contributed by atoms with Crippen LogP contribution in [0.25, 0.3) is 0 Å². The van der Waals surface area contributed by atoms with Crippen LogP contribution in [0.3, 0.4) is 0 Å². The summed E-state index contributed by atoms with van der Waals surface area (Å²) in [6.07, 6.45) is 1.08. The quantitative estimate of drug-likeness (QED) is 0.558. The summed E-state index contributed by atoms with van der Waals surface area (Å²) in [7, 11) is 0. The third-order valence-electron chi connectivity index (χ3n) is 5.65. The first-order valence-corrected chi connectivity index (χ1v) is 10.7. The van der Waals surface area contributed by atoms with Gasteiger partial charge in [-0.1, -0.05) is 54.1 Å². The van der Waals surface area contributed by atoms with Crippen molar-refractivity contribution in [3.8, 4) is 0 Å². The van der Waals surface area contributed by atoms with E-state index in [-0.39, 0.29) is 18.3 Å². The largest absolute Gasteiger partial charge is 0.456 e. The summed E-state index contributed by atoms with van der Waals surface area (Å²) in [5.41, 5.74) is 3.52. The molecule has 2 aliphatic heterocycles. The number of carbonyl (C=O) groups excluding carboxylic acids is 3. The predicted octanol–water partition coefficient (Wildman–Crippen LogP) is 3.62. The van der Waals surface area contributed by atoms with Crippen molar-refractivity contribution in [1.29, 1.82) is 0 Å². The number of carbonyl (C=O) groups is 3. The van der Waals surface area contributed by atoms with Gasteiger partial charge in [-0.2, -0.15) is 0 Å². The van der Waals surface area contributed by atoms with Crippen molar-refractivity contribution >= 4 is 29.4 Å². The first-order valence-electron chi connectivity index (χ1n) is 9.71. The van der Waals surface area contributed by atoms with Gasteiger partial charge in [0.25, 0.3) is 0 Å². The van der Waals surface area contributed by atoms with Crippen LogP contribution in [0.1, 0.15) is 39.9 Å². The van der Waals surface area contributed by atoms with Crippen molar-refractivity contribution in [1.82, 2.24) is 4.90 Å². The summed E-state index contributed by atoms with van der Waals surface area (Å²) < 4.78 is 5.37. The number of rotatable bonds is 5. The number of benzene rings is 2. The van der Waals surface area contributed by atoms with Crippen LogP contribution in [0.4, 0.5) is 0 Å². The van der Waals surface area contributed by atoms with Gasteiger partial charge in [0.15, 0.2) is 6.61 Å². The lowest BCUT2D eigenvalue weighted by Crippen LogP contribution is -2.47. The molecule has 6 heteroatoms. The topological polar surface area (TPSA) is 63.7 Å². The molecule has 0 saturated carbocycles. The van der Waals surface area contributed by atoms with Crippen molar-refractivity contribution < 1.29 is 19.1 Å². The Morgan fingerprint density at radius 1 is 1.17 bits per heavy atom. The zero-order chi connectivity index (χ0) is 20.6. The Balaban J connectivity index is 1.48. The van der Waals surface area contributed by atoms with Gasteiger partial charge in [-0.25, -0.2) is 4.79 Å². The Morgan fingerprint density at radius 3 is 2.66 bits per heavy atom. The van der Waals surface area contributed by atoms with E-state index in [0.29, 0.717) is 24.2 Å². The van der Waals surface area contributed by atoms with Crippen molar-refractivity contribution in [3.63, 3.8) is 0 Å². The third kappa shape index (κ3) is 3.46. The zero-order valence-electron chi connectivity index (χ0n) is 16.5. The molecule has 0 N–H and O–H groups in total. The number of ketones is 1. The SMILES string of the molecule is Cc1ccc(C(=O)COC(=O)[C@H]2CS[C@@]3(c4ccccc4)CCC(=O)N23)c(C)c1. The summed E-state index contributed by atoms with van der Waals surface area (Å²) >= 11 is 1.61. The molecule has 2 heterocycles. The highest BCUT2D eigenvalue weighted by atomic mass is 32.2. The van der Waals surface area contributed by atoms with E-state index in [1.807, 2.05) is 56.3 Å². The number of thioether (sulfide) groups is 1. The van der Waals surface area contributed by atoms with Gasteiger partial charge in [0.1, 0.15) is 10.9 Å². The average Bonchev–Trinajstić information content (AvgIpc) is 3.26. The Hall–Kier alpha value is -2.60. The van der Waals surface area contributed by atoms with E-state index in [0.717, 1.165) is 16.7 Å². The molecule has 2 fully saturated rings. The second kappa shape index (κ2) is 7.67. The lowest BCUT2D eigenvalue weighted by Gasteiger charge is -2.33. The minimum Gasteiger partial charge on any atom is -0.456 e. The number of esters is 1. The molecule has 2 aromatic rings. The number of amides is 1. The molecule has 0 aromatic heterocycles. The van der Waals surface area contributed by atoms with E-state index < -0.39 is 16.9 Å². The summed E-state index contributed by atoms with van der Waals surface area (Å²) in [5, 5.41) is 0. The lowest BCUT2D eigenvalue weighted by atomic mass is 10.0. The van der Waals surface area contributed by atoms with Crippen LogP contribution in [0.5, 0.6) is 0 Å². The number of hydrogen-bond donors (Lipinski definition) is 0. The summed E-state index contributed by atoms with van der Waals surface area (Å²) in [6, 6.07) is 14.7. The molecule has 150 valence electrons. The number of aryl methyl sites for hydroxylation is 2.